The highest BCUT2D eigenvalue weighted by molar-refractivity contribution is 7.80. The number of thiocarbonyl (C=S) groups is 1. The van der Waals surface area contributed by atoms with Crippen LogP contribution in [-0.4, -0.2) is 48.5 Å². The number of hydrogen-bond donors (Lipinski definition) is 3. The molecule has 240 valence electrons. The summed E-state index contributed by atoms with van der Waals surface area (Å²) >= 11 is 11.7. The van der Waals surface area contributed by atoms with Crippen molar-refractivity contribution in [3.8, 4) is 17.2 Å². The Morgan fingerprint density at radius 3 is 2.57 bits per heavy atom. The average Bonchev–Trinajstić information content (AvgIpc) is 3.03. The number of carbonyl (C=O) groups excluding carboxylic acids is 2. The van der Waals surface area contributed by atoms with Crippen LogP contribution in [0.1, 0.15) is 36.6 Å². The fraction of sp³-hybridized carbons (Fsp3) is 0.226. The van der Waals surface area contributed by atoms with Gasteiger partial charge in [0.15, 0.2) is 23.2 Å². The topological polar surface area (TPSA) is 163 Å². The number of rotatable bonds is 13. The number of non-ortho nitro benzene ring substituents is 1. The number of nitrogens with zero attached hydrogens (tertiary/aromatic N) is 2. The van der Waals surface area contributed by atoms with Gasteiger partial charge in [-0.1, -0.05) is 29.8 Å². The highest BCUT2D eigenvalue weighted by Gasteiger charge is 2.32. The van der Waals surface area contributed by atoms with E-state index >= 15 is 0 Å². The quantitative estimate of drug-likeness (QED) is 0.0760. The highest BCUT2D eigenvalue weighted by Crippen LogP contribution is 2.37. The summed E-state index contributed by atoms with van der Waals surface area (Å²) in [6, 6.07) is 15.4. The lowest BCUT2D eigenvalue weighted by Gasteiger charge is -2.30. The first-order valence-corrected chi connectivity index (χ1v) is 14.6. The smallest absolute Gasteiger partial charge is 0.338 e. The van der Waals surface area contributed by atoms with E-state index in [0.29, 0.717) is 44.6 Å². The summed E-state index contributed by atoms with van der Waals surface area (Å²) in [4.78, 5) is 35.7. The Labute approximate surface area is 274 Å². The summed E-state index contributed by atoms with van der Waals surface area (Å²) in [6.07, 6.45) is 1.37. The molecular weight excluding hydrogens is 638 g/mol. The van der Waals surface area contributed by atoms with Crippen LogP contribution in [0.25, 0.3) is 0 Å². The number of hydrogen-bond acceptors (Lipinski definition) is 10. The van der Waals surface area contributed by atoms with E-state index in [2.05, 4.69) is 21.2 Å². The van der Waals surface area contributed by atoms with E-state index in [9.17, 15) is 19.7 Å². The van der Waals surface area contributed by atoms with Gasteiger partial charge in [-0.05, 0) is 67.5 Å². The Morgan fingerprint density at radius 2 is 1.87 bits per heavy atom. The van der Waals surface area contributed by atoms with Crippen LogP contribution in [-0.2, 0) is 20.9 Å². The van der Waals surface area contributed by atoms with E-state index in [1.54, 1.807) is 62.4 Å². The average molecular weight is 668 g/mol. The molecule has 4 rings (SSSR count). The molecule has 0 saturated carbocycles. The molecule has 46 heavy (non-hydrogen) atoms. The number of benzene rings is 3. The minimum atomic E-state index is -0.661. The number of para-hydroxylation sites is 1. The van der Waals surface area contributed by atoms with Crippen molar-refractivity contribution in [3.05, 3.63) is 104 Å². The van der Waals surface area contributed by atoms with E-state index in [1.807, 2.05) is 0 Å². The van der Waals surface area contributed by atoms with Crippen LogP contribution < -0.4 is 30.3 Å². The number of nitro groups is 1. The highest BCUT2D eigenvalue weighted by atomic mass is 35.5. The first-order valence-electron chi connectivity index (χ1n) is 13.8. The van der Waals surface area contributed by atoms with Gasteiger partial charge in [0.2, 0.25) is 0 Å². The van der Waals surface area contributed by atoms with Crippen molar-refractivity contribution in [1.82, 2.24) is 16.1 Å². The molecule has 1 heterocycles. The maximum absolute atomic E-state index is 12.7. The summed E-state index contributed by atoms with van der Waals surface area (Å²) in [6.45, 7) is 3.37. The molecule has 15 heteroatoms. The molecule has 1 aliphatic rings. The Balaban J connectivity index is 1.38. The van der Waals surface area contributed by atoms with E-state index in [-0.39, 0.29) is 36.3 Å². The molecule has 0 spiro atoms. The monoisotopic (exact) mass is 667 g/mol. The van der Waals surface area contributed by atoms with Crippen LogP contribution in [0.3, 0.4) is 0 Å². The SMILES string of the molecule is CCOC(=O)C1=C(C)NC(=S)N[C@H]1c1ccccc1OCC(=O)NN=Cc1cc(Cl)c(OCc2ccc([N+](=O)[O-])cc2)c(OC)c1. The largest absolute Gasteiger partial charge is 0.493 e. The van der Waals surface area contributed by atoms with Crippen LogP contribution in [0, 0.1) is 10.1 Å². The summed E-state index contributed by atoms with van der Waals surface area (Å²) in [5.41, 5.74) is 5.07. The number of carbonyl (C=O) groups is 2. The Hall–Kier alpha value is -5.21. The number of ether oxygens (including phenoxy) is 4. The van der Waals surface area contributed by atoms with Crippen LogP contribution in [0.4, 0.5) is 5.69 Å². The second-order valence-electron chi connectivity index (χ2n) is 9.66. The van der Waals surface area contributed by atoms with Gasteiger partial charge in [-0.15, -0.1) is 0 Å². The molecule has 0 aromatic heterocycles. The maximum atomic E-state index is 12.7. The Bertz CT molecular complexity index is 1700. The lowest BCUT2D eigenvalue weighted by Crippen LogP contribution is -2.45. The molecule has 3 aromatic rings. The molecule has 3 N–H and O–H groups in total. The number of methoxy groups -OCH3 is 1. The van der Waals surface area contributed by atoms with Crippen molar-refractivity contribution in [1.29, 1.82) is 0 Å². The van der Waals surface area contributed by atoms with Crippen LogP contribution >= 0.6 is 23.8 Å². The zero-order valence-electron chi connectivity index (χ0n) is 25.0. The standard InChI is InChI=1S/C31H30ClN5O8S/c1-4-43-30(39)27-18(2)34-31(46)35-28(27)22-7-5-6-8-24(22)44-17-26(38)36-33-15-20-13-23(32)29(25(14-20)42-3)45-16-19-9-11-21(12-10-19)37(40)41/h5-15,28H,4,16-17H2,1-3H3,(H,36,38)(H2,34,35,46)/t28-/m0/s1. The van der Waals surface area contributed by atoms with E-state index in [1.165, 1.54) is 25.5 Å². The number of nitro benzene ring substituents is 1. The number of nitrogens with one attached hydrogen (secondary N) is 3. The first kappa shape index (κ1) is 33.7. The molecule has 1 amide bonds. The van der Waals surface area contributed by atoms with E-state index < -0.39 is 22.8 Å². The number of esters is 1. The van der Waals surface area contributed by atoms with Gasteiger partial charge in [-0.3, -0.25) is 14.9 Å². The van der Waals surface area contributed by atoms with Crippen molar-refractivity contribution in [2.45, 2.75) is 26.5 Å². The van der Waals surface area contributed by atoms with Crippen LogP contribution in [0.2, 0.25) is 5.02 Å². The van der Waals surface area contributed by atoms with E-state index in [0.717, 1.165) is 0 Å². The van der Waals surface area contributed by atoms with Gasteiger partial charge in [0.05, 0.1) is 41.5 Å². The number of hydrazone groups is 1. The first-order chi connectivity index (χ1) is 22.1. The molecule has 0 unspecified atom stereocenters. The van der Waals surface area contributed by atoms with Crippen molar-refractivity contribution in [2.24, 2.45) is 5.10 Å². The summed E-state index contributed by atoms with van der Waals surface area (Å²) in [5.74, 6) is -0.0942. The fourth-order valence-corrected chi connectivity index (χ4v) is 4.98. The summed E-state index contributed by atoms with van der Waals surface area (Å²) in [5, 5.41) is 21.4. The van der Waals surface area contributed by atoms with Crippen molar-refractivity contribution in [3.63, 3.8) is 0 Å². The second-order valence-corrected chi connectivity index (χ2v) is 10.5. The van der Waals surface area contributed by atoms with Gasteiger partial charge in [0, 0.05) is 23.4 Å². The van der Waals surface area contributed by atoms with Gasteiger partial charge in [-0.25, -0.2) is 10.2 Å². The predicted molar refractivity (Wildman–Crippen MR) is 174 cm³/mol. The zero-order valence-corrected chi connectivity index (χ0v) is 26.6. The van der Waals surface area contributed by atoms with Gasteiger partial charge < -0.3 is 29.6 Å². The third-order valence-corrected chi connectivity index (χ3v) is 7.04. The molecule has 1 aliphatic heterocycles. The molecule has 0 saturated heterocycles. The van der Waals surface area contributed by atoms with Gasteiger partial charge in [0.1, 0.15) is 12.4 Å². The zero-order chi connectivity index (χ0) is 33.2. The predicted octanol–water partition coefficient (Wildman–Crippen LogP) is 4.72. The lowest BCUT2D eigenvalue weighted by atomic mass is 9.95. The maximum Gasteiger partial charge on any atom is 0.338 e. The van der Waals surface area contributed by atoms with Crippen LogP contribution in [0.5, 0.6) is 17.2 Å². The fourth-order valence-electron chi connectivity index (χ4n) is 4.44. The molecule has 0 aliphatic carbocycles. The van der Waals surface area contributed by atoms with Gasteiger partial charge >= 0.3 is 5.97 Å². The van der Waals surface area contributed by atoms with Crippen molar-refractivity contribution < 1.29 is 33.5 Å². The van der Waals surface area contributed by atoms with Crippen LogP contribution in [0.15, 0.2) is 77.0 Å². The molecule has 0 radical (unpaired) electrons. The van der Waals surface area contributed by atoms with Crippen molar-refractivity contribution in [2.75, 3.05) is 20.3 Å². The third kappa shape index (κ3) is 8.49. The van der Waals surface area contributed by atoms with Gasteiger partial charge in [-0.2, -0.15) is 5.10 Å². The number of halogens is 1. The number of allylic oxidation sites excluding steroid dienone is 1. The molecule has 13 nitrogen and oxygen atoms in total. The minimum absolute atomic E-state index is 0.0248. The minimum Gasteiger partial charge on any atom is -0.493 e. The lowest BCUT2D eigenvalue weighted by molar-refractivity contribution is -0.384. The Morgan fingerprint density at radius 1 is 1.13 bits per heavy atom. The summed E-state index contributed by atoms with van der Waals surface area (Å²) < 4.78 is 22.3. The third-order valence-electron chi connectivity index (χ3n) is 6.54. The molecule has 1 atom stereocenters. The molecule has 0 bridgehead atoms. The van der Waals surface area contributed by atoms with E-state index in [4.69, 9.17) is 42.8 Å². The van der Waals surface area contributed by atoms with Gasteiger partial charge in [0.25, 0.3) is 11.6 Å². The number of amides is 1. The molecule has 0 fully saturated rings. The second kappa shape index (κ2) is 15.7. The Kier molecular flexibility index (Phi) is 11.5. The van der Waals surface area contributed by atoms with Crippen molar-refractivity contribution >= 4 is 52.7 Å². The molecule has 3 aromatic carbocycles. The normalized spacial score (nSPS) is 14.3. The summed E-state index contributed by atoms with van der Waals surface area (Å²) in [7, 11) is 1.45. The molecular formula is C31H30ClN5O8S.